The maximum absolute atomic E-state index is 13.9. The lowest BCUT2D eigenvalue weighted by Gasteiger charge is -2.34. The van der Waals surface area contributed by atoms with E-state index in [4.69, 9.17) is 4.74 Å². The van der Waals surface area contributed by atoms with Crippen molar-refractivity contribution in [2.75, 3.05) is 5.32 Å². The first kappa shape index (κ1) is 22.8. The number of para-hydroxylation sites is 1. The van der Waals surface area contributed by atoms with Crippen LogP contribution in [0.5, 0.6) is 0 Å². The first-order chi connectivity index (χ1) is 16.1. The number of benzene rings is 1. The average molecular weight is 480 g/mol. The van der Waals surface area contributed by atoms with Crippen molar-refractivity contribution in [3.8, 4) is 0 Å². The van der Waals surface area contributed by atoms with Crippen molar-refractivity contribution in [1.29, 1.82) is 0 Å². The number of anilines is 1. The van der Waals surface area contributed by atoms with Crippen molar-refractivity contribution >= 4 is 34.7 Å². The highest BCUT2D eigenvalue weighted by Gasteiger charge is 2.72. The minimum absolute atomic E-state index is 0.223. The minimum atomic E-state index is -1.16. The van der Waals surface area contributed by atoms with E-state index in [1.807, 2.05) is 81.6 Å². The number of nitrogens with one attached hydrogen (secondary N) is 2. The number of amides is 3. The van der Waals surface area contributed by atoms with Gasteiger partial charge in [-0.2, -0.15) is 0 Å². The predicted octanol–water partition coefficient (Wildman–Crippen LogP) is 3.26. The van der Waals surface area contributed by atoms with E-state index in [2.05, 4.69) is 10.6 Å². The first-order valence-electron chi connectivity index (χ1n) is 11.5. The first-order valence-corrected chi connectivity index (χ1v) is 12.4. The summed E-state index contributed by atoms with van der Waals surface area (Å²) in [4.78, 5) is 43.5. The van der Waals surface area contributed by atoms with Crippen molar-refractivity contribution in [2.45, 2.75) is 57.5 Å². The Kier molecular flexibility index (Phi) is 5.41. The molecule has 7 nitrogen and oxygen atoms in total. The highest BCUT2D eigenvalue weighted by molar-refractivity contribution is 7.09. The number of aryl methyl sites for hydroxylation is 1. The summed E-state index contributed by atoms with van der Waals surface area (Å²) in [6, 6.07) is 10.5. The van der Waals surface area contributed by atoms with Crippen molar-refractivity contribution in [3.63, 3.8) is 0 Å². The molecule has 34 heavy (non-hydrogen) atoms. The van der Waals surface area contributed by atoms with Gasteiger partial charge in [-0.1, -0.05) is 36.4 Å². The van der Waals surface area contributed by atoms with E-state index in [1.165, 1.54) is 11.3 Å². The summed E-state index contributed by atoms with van der Waals surface area (Å²) in [6.07, 6.45) is 3.11. The Bertz CT molecular complexity index is 1170. The zero-order valence-electron chi connectivity index (χ0n) is 19.7. The summed E-state index contributed by atoms with van der Waals surface area (Å²) in [5, 5.41) is 7.96. The van der Waals surface area contributed by atoms with Crippen molar-refractivity contribution < 1.29 is 19.1 Å². The van der Waals surface area contributed by atoms with Gasteiger partial charge < -0.3 is 20.3 Å². The molecule has 0 radical (unpaired) electrons. The average Bonchev–Trinajstić information content (AvgIpc) is 3.51. The molecule has 4 heterocycles. The lowest BCUT2D eigenvalue weighted by atomic mass is 9.74. The third kappa shape index (κ3) is 3.65. The van der Waals surface area contributed by atoms with E-state index >= 15 is 0 Å². The SMILES string of the molecule is Cc1ccccc1NC(=O)[C@@H]1[C@@H]2C=C[C@]3(O2)[C@@H]1C(=O)N(Cc1cccs1)[C@@H]3C(=O)NC(C)(C)C. The summed E-state index contributed by atoms with van der Waals surface area (Å²) in [5.74, 6) is -2.24. The molecule has 8 heteroatoms. The third-order valence-corrected chi connectivity index (χ3v) is 7.59. The Morgan fingerprint density at radius 2 is 1.91 bits per heavy atom. The van der Waals surface area contributed by atoms with Gasteiger partial charge in [-0.25, -0.2) is 0 Å². The summed E-state index contributed by atoms with van der Waals surface area (Å²) >= 11 is 1.53. The van der Waals surface area contributed by atoms with Crippen LogP contribution in [0.25, 0.3) is 0 Å². The zero-order chi connectivity index (χ0) is 24.3. The van der Waals surface area contributed by atoms with Gasteiger partial charge in [0.15, 0.2) is 0 Å². The predicted molar refractivity (Wildman–Crippen MR) is 130 cm³/mol. The Labute approximate surface area is 203 Å². The van der Waals surface area contributed by atoms with E-state index in [-0.39, 0.29) is 17.7 Å². The molecule has 5 rings (SSSR count). The molecule has 3 aliphatic heterocycles. The summed E-state index contributed by atoms with van der Waals surface area (Å²) < 4.78 is 6.36. The Morgan fingerprint density at radius 3 is 2.59 bits per heavy atom. The maximum Gasteiger partial charge on any atom is 0.246 e. The molecule has 3 amide bonds. The van der Waals surface area contributed by atoms with E-state index < -0.39 is 35.1 Å². The molecule has 2 fully saturated rings. The molecular formula is C26H29N3O4S. The molecular weight excluding hydrogens is 450 g/mol. The van der Waals surface area contributed by atoms with Crippen LogP contribution in [-0.4, -0.2) is 45.9 Å². The highest BCUT2D eigenvalue weighted by Crippen LogP contribution is 2.55. The molecule has 5 atom stereocenters. The van der Waals surface area contributed by atoms with Crippen LogP contribution in [-0.2, 0) is 25.7 Å². The van der Waals surface area contributed by atoms with Crippen LogP contribution in [0.4, 0.5) is 5.69 Å². The lowest BCUT2D eigenvalue weighted by Crippen LogP contribution is -2.57. The normalized spacial score (nSPS) is 29.4. The molecule has 0 unspecified atom stereocenters. The van der Waals surface area contributed by atoms with Crippen molar-refractivity contribution in [2.24, 2.45) is 11.8 Å². The number of hydrogen-bond donors (Lipinski definition) is 2. The lowest BCUT2D eigenvalue weighted by molar-refractivity contribution is -0.142. The molecule has 2 N–H and O–H groups in total. The molecule has 2 saturated heterocycles. The number of rotatable bonds is 5. The van der Waals surface area contributed by atoms with Crippen LogP contribution < -0.4 is 10.6 Å². The topological polar surface area (TPSA) is 87.7 Å². The van der Waals surface area contributed by atoms with Crippen molar-refractivity contribution in [1.82, 2.24) is 10.2 Å². The fourth-order valence-electron chi connectivity index (χ4n) is 5.38. The van der Waals surface area contributed by atoms with Gasteiger partial charge in [-0.05, 0) is 50.8 Å². The summed E-state index contributed by atoms with van der Waals surface area (Å²) in [5.41, 5.74) is -0.00564. The molecule has 178 valence electrons. The van der Waals surface area contributed by atoms with E-state index in [9.17, 15) is 14.4 Å². The minimum Gasteiger partial charge on any atom is -0.359 e. The van der Waals surface area contributed by atoms with Gasteiger partial charge in [0.1, 0.15) is 11.6 Å². The zero-order valence-corrected chi connectivity index (χ0v) is 20.5. The third-order valence-electron chi connectivity index (χ3n) is 6.73. The smallest absolute Gasteiger partial charge is 0.246 e. The largest absolute Gasteiger partial charge is 0.359 e. The van der Waals surface area contributed by atoms with E-state index in [1.54, 1.807) is 4.90 Å². The van der Waals surface area contributed by atoms with Gasteiger partial charge >= 0.3 is 0 Å². The van der Waals surface area contributed by atoms with Crippen molar-refractivity contribution in [3.05, 3.63) is 64.4 Å². The van der Waals surface area contributed by atoms with Gasteiger partial charge in [0.05, 0.1) is 24.5 Å². The maximum atomic E-state index is 13.9. The second-order valence-corrected chi connectivity index (χ2v) is 11.3. The van der Waals surface area contributed by atoms with E-state index in [0.717, 1.165) is 10.4 Å². The molecule has 3 aliphatic rings. The Balaban J connectivity index is 1.51. The number of ether oxygens (including phenoxy) is 1. The number of hydrogen-bond acceptors (Lipinski definition) is 5. The highest BCUT2D eigenvalue weighted by atomic mass is 32.1. The molecule has 0 aliphatic carbocycles. The Morgan fingerprint density at radius 1 is 1.15 bits per heavy atom. The number of likely N-dealkylation sites (tertiary alicyclic amines) is 1. The summed E-state index contributed by atoms with van der Waals surface area (Å²) in [6.45, 7) is 7.93. The van der Waals surface area contributed by atoms with Gasteiger partial charge in [0.25, 0.3) is 0 Å². The monoisotopic (exact) mass is 479 g/mol. The standard InChI is InChI=1S/C26H29N3O4S/c1-15-8-5-6-10-17(15)27-22(30)19-18-11-12-26(33-18)20(19)24(32)29(14-16-9-7-13-34-16)21(26)23(31)28-25(2,3)4/h5-13,18-21H,14H2,1-4H3,(H,27,30)(H,28,31)/t18-,19+,20-,21+,26-/m0/s1. The van der Waals surface area contributed by atoms with Crippen LogP contribution in [0, 0.1) is 18.8 Å². The number of carbonyl (C=O) groups is 3. The molecule has 0 saturated carbocycles. The quantitative estimate of drug-likeness (QED) is 0.645. The second-order valence-electron chi connectivity index (χ2n) is 10.3. The molecule has 2 aromatic rings. The molecule has 1 aromatic carbocycles. The fraction of sp³-hybridized carbons (Fsp3) is 0.423. The fourth-order valence-corrected chi connectivity index (χ4v) is 6.08. The number of carbonyl (C=O) groups excluding carboxylic acids is 3. The summed E-state index contributed by atoms with van der Waals surface area (Å²) in [7, 11) is 0. The molecule has 1 spiro atoms. The number of nitrogens with zero attached hydrogens (tertiary/aromatic N) is 1. The van der Waals surface area contributed by atoms with Gasteiger partial charge in [0, 0.05) is 16.1 Å². The van der Waals surface area contributed by atoms with Crippen LogP contribution >= 0.6 is 11.3 Å². The van der Waals surface area contributed by atoms with Crippen LogP contribution in [0.3, 0.4) is 0 Å². The van der Waals surface area contributed by atoms with Gasteiger partial charge in [-0.15, -0.1) is 11.3 Å². The van der Waals surface area contributed by atoms with Crippen LogP contribution in [0.15, 0.2) is 53.9 Å². The number of thiophene rings is 1. The molecule has 1 aromatic heterocycles. The van der Waals surface area contributed by atoms with Crippen LogP contribution in [0.1, 0.15) is 31.2 Å². The number of fused-ring (bicyclic) bond motifs is 1. The Hall–Kier alpha value is -2.97. The molecule has 2 bridgehead atoms. The van der Waals surface area contributed by atoms with E-state index in [0.29, 0.717) is 12.2 Å². The van der Waals surface area contributed by atoms with Gasteiger partial charge in [-0.3, -0.25) is 14.4 Å². The van der Waals surface area contributed by atoms with Crippen LogP contribution in [0.2, 0.25) is 0 Å². The van der Waals surface area contributed by atoms with Gasteiger partial charge in [0.2, 0.25) is 17.7 Å². The second kappa shape index (κ2) is 8.06.